The number of nitrogens with zero attached hydrogens (tertiary/aromatic N) is 2. The van der Waals surface area contributed by atoms with Crippen LogP contribution >= 0.6 is 27.5 Å². The van der Waals surface area contributed by atoms with Gasteiger partial charge in [-0.1, -0.05) is 24.8 Å². The molecule has 1 aliphatic heterocycles. The van der Waals surface area contributed by atoms with Gasteiger partial charge >= 0.3 is 0 Å². The van der Waals surface area contributed by atoms with E-state index in [4.69, 9.17) is 11.6 Å². The topological polar surface area (TPSA) is 37.3 Å². The van der Waals surface area contributed by atoms with Crippen LogP contribution in [0.3, 0.4) is 0 Å². The van der Waals surface area contributed by atoms with Gasteiger partial charge in [0, 0.05) is 12.2 Å². The maximum Gasteiger partial charge on any atom is 0.106 e. The minimum absolute atomic E-state index is 0.133. The van der Waals surface area contributed by atoms with Gasteiger partial charge in [-0.05, 0) is 53.4 Å². The largest absolute Gasteiger partial charge is 0.300 e. The molecule has 106 valence electrons. The minimum atomic E-state index is 0.133. The van der Waals surface area contributed by atoms with Gasteiger partial charge in [0.25, 0.3) is 0 Å². The molecule has 1 fully saturated rings. The molecule has 20 heavy (non-hydrogen) atoms. The third-order valence-corrected chi connectivity index (χ3v) is 4.12. The number of aliphatic imine (C=N–C) groups is 1. The Balaban J connectivity index is 2.22. The third-order valence-electron chi connectivity index (χ3n) is 3.36. The number of pyridine rings is 1. The van der Waals surface area contributed by atoms with Crippen LogP contribution in [0.2, 0.25) is 5.02 Å². The quantitative estimate of drug-likeness (QED) is 0.640. The number of rotatable bonds is 4. The molecule has 0 aliphatic carbocycles. The summed E-state index contributed by atoms with van der Waals surface area (Å²) in [6, 6.07) is 4.02. The van der Waals surface area contributed by atoms with Gasteiger partial charge in [0.1, 0.15) is 4.60 Å². The van der Waals surface area contributed by atoms with Crippen LogP contribution in [0.25, 0.3) is 0 Å². The molecule has 0 bridgehead atoms. The lowest BCUT2D eigenvalue weighted by Gasteiger charge is -2.31. The Bertz CT molecular complexity index is 542. The van der Waals surface area contributed by atoms with E-state index < -0.39 is 0 Å². The smallest absolute Gasteiger partial charge is 0.106 e. The fraction of sp³-hybridized carbons (Fsp3) is 0.333. The molecule has 1 N–H and O–H groups in total. The summed E-state index contributed by atoms with van der Waals surface area (Å²) in [6.45, 7) is 7.46. The average molecular weight is 355 g/mol. The zero-order valence-electron chi connectivity index (χ0n) is 11.1. The molecule has 2 atom stereocenters. The molecule has 1 saturated heterocycles. The summed E-state index contributed by atoms with van der Waals surface area (Å²) >= 11 is 9.66. The Labute approximate surface area is 133 Å². The Hall–Kier alpha value is -0.970. The molecule has 0 spiro atoms. The Kier molecular flexibility index (Phi) is 5.52. The first-order valence-electron chi connectivity index (χ1n) is 6.54. The van der Waals surface area contributed by atoms with Crippen LogP contribution in [-0.4, -0.2) is 16.7 Å². The lowest BCUT2D eigenvalue weighted by atomic mass is 9.93. The molecule has 1 aliphatic rings. The van der Waals surface area contributed by atoms with Crippen molar-refractivity contribution in [2.45, 2.75) is 31.3 Å². The van der Waals surface area contributed by atoms with Gasteiger partial charge in [-0.3, -0.25) is 4.99 Å². The van der Waals surface area contributed by atoms with Crippen molar-refractivity contribution >= 4 is 33.2 Å². The van der Waals surface area contributed by atoms with Gasteiger partial charge in [-0.15, -0.1) is 0 Å². The Morgan fingerprint density at radius 2 is 2.25 bits per heavy atom. The summed E-state index contributed by atoms with van der Waals surface area (Å²) in [5, 5.41) is 4.24. The third kappa shape index (κ3) is 3.57. The summed E-state index contributed by atoms with van der Waals surface area (Å²) in [7, 11) is 0. The molecular formula is C15H17BrClN3. The highest BCUT2D eigenvalue weighted by Crippen LogP contribution is 2.30. The van der Waals surface area contributed by atoms with Crippen molar-refractivity contribution in [2.24, 2.45) is 4.99 Å². The lowest BCUT2D eigenvalue weighted by molar-refractivity contribution is 0.370. The van der Waals surface area contributed by atoms with Gasteiger partial charge in [-0.25, -0.2) is 4.98 Å². The molecule has 2 unspecified atom stereocenters. The van der Waals surface area contributed by atoms with Crippen molar-refractivity contribution in [2.75, 3.05) is 0 Å². The van der Waals surface area contributed by atoms with Crippen LogP contribution in [-0.2, 0) is 0 Å². The number of aromatic nitrogens is 1. The van der Waals surface area contributed by atoms with Crippen molar-refractivity contribution in [3.05, 3.63) is 52.9 Å². The molecule has 0 radical (unpaired) electrons. The van der Waals surface area contributed by atoms with Crippen molar-refractivity contribution in [3.8, 4) is 0 Å². The number of hydrogen-bond donors (Lipinski definition) is 1. The number of halogens is 2. The van der Waals surface area contributed by atoms with E-state index in [0.29, 0.717) is 5.02 Å². The van der Waals surface area contributed by atoms with Crippen molar-refractivity contribution in [1.82, 2.24) is 10.3 Å². The summed E-state index contributed by atoms with van der Waals surface area (Å²) in [5.41, 5.74) is 1.79. The molecule has 3 nitrogen and oxygen atoms in total. The van der Waals surface area contributed by atoms with E-state index >= 15 is 0 Å². The number of hydrogen-bond acceptors (Lipinski definition) is 3. The molecule has 0 aromatic carbocycles. The maximum atomic E-state index is 6.26. The summed E-state index contributed by atoms with van der Waals surface area (Å²) in [6.07, 6.45) is 6.46. The van der Waals surface area contributed by atoms with Crippen LogP contribution in [0.15, 0.2) is 47.2 Å². The molecule has 2 rings (SSSR count). The van der Waals surface area contributed by atoms with E-state index in [1.807, 2.05) is 12.1 Å². The molecule has 1 aromatic heterocycles. The monoisotopic (exact) mass is 353 g/mol. The van der Waals surface area contributed by atoms with Crippen LogP contribution in [0, 0.1) is 0 Å². The first-order chi connectivity index (χ1) is 9.65. The van der Waals surface area contributed by atoms with E-state index in [-0.39, 0.29) is 12.1 Å². The first-order valence-corrected chi connectivity index (χ1v) is 7.71. The zero-order valence-corrected chi connectivity index (χ0v) is 13.5. The van der Waals surface area contributed by atoms with Gasteiger partial charge in [0.15, 0.2) is 0 Å². The summed E-state index contributed by atoms with van der Waals surface area (Å²) < 4.78 is 0.796. The lowest BCUT2D eigenvalue weighted by Crippen LogP contribution is -2.42. The zero-order chi connectivity index (χ0) is 14.5. The molecule has 1 aromatic rings. The fourth-order valence-corrected chi connectivity index (χ4v) is 3.01. The normalized spacial score (nSPS) is 23.4. The highest BCUT2D eigenvalue weighted by atomic mass is 79.9. The van der Waals surface area contributed by atoms with Crippen molar-refractivity contribution < 1.29 is 0 Å². The van der Waals surface area contributed by atoms with Crippen molar-refractivity contribution in [3.63, 3.8) is 0 Å². The van der Waals surface area contributed by atoms with Crippen molar-refractivity contribution in [1.29, 1.82) is 0 Å². The summed E-state index contributed by atoms with van der Waals surface area (Å²) in [5.74, 6) is 0. The second kappa shape index (κ2) is 7.16. The van der Waals surface area contributed by atoms with E-state index in [1.54, 1.807) is 12.3 Å². The van der Waals surface area contributed by atoms with Gasteiger partial charge < -0.3 is 5.32 Å². The molecule has 0 amide bonds. The van der Waals surface area contributed by atoms with Gasteiger partial charge in [0.05, 0.1) is 22.5 Å². The Morgan fingerprint density at radius 3 is 2.95 bits per heavy atom. The first kappa shape index (κ1) is 15.4. The SMILES string of the molecule is C=CN=C(C=C)C1CCCC(c2nc(Br)ccc2Cl)N1. The number of piperidine rings is 1. The van der Waals surface area contributed by atoms with Crippen LogP contribution in [0.1, 0.15) is 31.0 Å². The van der Waals surface area contributed by atoms with Crippen LogP contribution in [0.5, 0.6) is 0 Å². The van der Waals surface area contributed by atoms with E-state index in [0.717, 1.165) is 35.3 Å². The molecular weight excluding hydrogens is 338 g/mol. The summed E-state index contributed by atoms with van der Waals surface area (Å²) in [4.78, 5) is 8.77. The molecule has 0 saturated carbocycles. The Morgan fingerprint density at radius 1 is 1.45 bits per heavy atom. The van der Waals surface area contributed by atoms with E-state index in [1.165, 1.54) is 0 Å². The fourth-order valence-electron chi connectivity index (χ4n) is 2.45. The minimum Gasteiger partial charge on any atom is -0.300 e. The standard InChI is InChI=1S/C15H17BrClN3/c1-3-11(18-4-2)12-6-5-7-13(19-12)15-10(17)8-9-14(16)20-15/h3-4,8-9,12-13,19H,1-2,5-7H2. The van der Waals surface area contributed by atoms with Crippen LogP contribution < -0.4 is 5.32 Å². The molecule has 2 heterocycles. The highest BCUT2D eigenvalue weighted by molar-refractivity contribution is 9.10. The second-order valence-corrected chi connectivity index (χ2v) is 5.86. The van der Waals surface area contributed by atoms with E-state index in [2.05, 4.69) is 44.4 Å². The average Bonchev–Trinajstić information content (AvgIpc) is 2.47. The highest BCUT2D eigenvalue weighted by Gasteiger charge is 2.26. The predicted octanol–water partition coefficient (Wildman–Crippen LogP) is 4.45. The van der Waals surface area contributed by atoms with Gasteiger partial charge in [-0.2, -0.15) is 0 Å². The van der Waals surface area contributed by atoms with E-state index in [9.17, 15) is 0 Å². The predicted molar refractivity (Wildman–Crippen MR) is 88.3 cm³/mol. The maximum absolute atomic E-state index is 6.26. The van der Waals surface area contributed by atoms with Gasteiger partial charge in [0.2, 0.25) is 0 Å². The van der Waals surface area contributed by atoms with Crippen LogP contribution in [0.4, 0.5) is 0 Å². The number of nitrogens with one attached hydrogen (secondary N) is 1. The second-order valence-electron chi connectivity index (χ2n) is 4.64. The molecule has 5 heteroatoms.